The van der Waals surface area contributed by atoms with Crippen molar-refractivity contribution in [1.29, 1.82) is 0 Å². The molecule has 0 atom stereocenters. The molecule has 0 aliphatic heterocycles. The van der Waals surface area contributed by atoms with E-state index in [1.54, 1.807) is 0 Å². The molecule has 0 aliphatic rings. The van der Waals surface area contributed by atoms with Crippen LogP contribution in [0, 0.1) is 0 Å². The maximum Gasteiger partial charge on any atom is 0.0134 e. The Kier molecular flexibility index (Phi) is 16.4. The number of rotatable bonds is 7. The van der Waals surface area contributed by atoms with Crippen LogP contribution in [0.25, 0.3) is 0 Å². The number of unbranched alkanes of at least 4 members (excludes halogenated alkanes) is 2. The first-order valence-electron chi connectivity index (χ1n) is 4.77. The highest BCUT2D eigenvalue weighted by molar-refractivity contribution is 5.85. The molecule has 0 radical (unpaired) electrons. The first-order chi connectivity index (χ1) is 5.41. The van der Waals surface area contributed by atoms with Crippen LogP contribution in [0.1, 0.15) is 39.5 Å². The second kappa shape index (κ2) is 13.6. The summed E-state index contributed by atoms with van der Waals surface area (Å²) in [5, 5.41) is 3.37. The Labute approximate surface area is 83.0 Å². The molecular formula is C10H22ClN. The van der Waals surface area contributed by atoms with Crippen LogP contribution >= 0.6 is 12.4 Å². The topological polar surface area (TPSA) is 12.0 Å². The van der Waals surface area contributed by atoms with Gasteiger partial charge in [0.2, 0.25) is 0 Å². The summed E-state index contributed by atoms with van der Waals surface area (Å²) in [4.78, 5) is 0. The van der Waals surface area contributed by atoms with Crippen molar-refractivity contribution in [2.24, 2.45) is 0 Å². The fourth-order valence-electron chi connectivity index (χ4n) is 0.935. The first kappa shape index (κ1) is 14.5. The third-order valence-corrected chi connectivity index (χ3v) is 1.62. The van der Waals surface area contributed by atoms with Crippen molar-refractivity contribution in [2.45, 2.75) is 39.5 Å². The molecule has 0 spiro atoms. The summed E-state index contributed by atoms with van der Waals surface area (Å²) in [7, 11) is 0. The standard InChI is InChI=1S/C10H21N.ClH/c1-3-5-7-9-11-10-8-6-4-2;/h5,7,11H,3-4,6,8-10H2,1-2H3;1H. The summed E-state index contributed by atoms with van der Waals surface area (Å²) in [6.07, 6.45) is 9.53. The van der Waals surface area contributed by atoms with Gasteiger partial charge in [0.1, 0.15) is 0 Å². The third kappa shape index (κ3) is 12.6. The molecule has 74 valence electrons. The number of hydrogen-bond donors (Lipinski definition) is 1. The summed E-state index contributed by atoms with van der Waals surface area (Å²) < 4.78 is 0. The molecular weight excluding hydrogens is 170 g/mol. The van der Waals surface area contributed by atoms with E-state index in [-0.39, 0.29) is 12.4 Å². The van der Waals surface area contributed by atoms with Gasteiger partial charge >= 0.3 is 0 Å². The van der Waals surface area contributed by atoms with E-state index < -0.39 is 0 Å². The predicted octanol–water partition coefficient (Wildman–Crippen LogP) is 3.15. The smallest absolute Gasteiger partial charge is 0.0134 e. The Bertz CT molecular complexity index is 91.8. The highest BCUT2D eigenvalue weighted by Crippen LogP contribution is 1.90. The lowest BCUT2D eigenvalue weighted by Crippen LogP contribution is -2.14. The van der Waals surface area contributed by atoms with Crippen molar-refractivity contribution in [2.75, 3.05) is 13.1 Å². The average Bonchev–Trinajstić information content (AvgIpc) is 2.03. The largest absolute Gasteiger partial charge is 0.313 e. The molecule has 0 fully saturated rings. The maximum absolute atomic E-state index is 3.37. The minimum Gasteiger partial charge on any atom is -0.313 e. The summed E-state index contributed by atoms with van der Waals surface area (Å²) in [5.74, 6) is 0. The van der Waals surface area contributed by atoms with Gasteiger partial charge in [0, 0.05) is 6.54 Å². The lowest BCUT2D eigenvalue weighted by Gasteiger charge is -1.98. The van der Waals surface area contributed by atoms with Crippen molar-refractivity contribution < 1.29 is 0 Å². The quantitative estimate of drug-likeness (QED) is 0.482. The summed E-state index contributed by atoms with van der Waals surface area (Å²) in [6.45, 7) is 6.60. The Hall–Kier alpha value is -0.0100. The second-order valence-corrected chi connectivity index (χ2v) is 2.79. The monoisotopic (exact) mass is 191 g/mol. The lowest BCUT2D eigenvalue weighted by molar-refractivity contribution is 0.646. The van der Waals surface area contributed by atoms with Crippen molar-refractivity contribution in [3.63, 3.8) is 0 Å². The van der Waals surface area contributed by atoms with Gasteiger partial charge in [-0.05, 0) is 19.4 Å². The Morgan fingerprint density at radius 3 is 2.42 bits per heavy atom. The molecule has 0 saturated carbocycles. The molecule has 0 aromatic rings. The Morgan fingerprint density at radius 1 is 1.08 bits per heavy atom. The molecule has 12 heavy (non-hydrogen) atoms. The van der Waals surface area contributed by atoms with Crippen LogP contribution in [0.15, 0.2) is 12.2 Å². The third-order valence-electron chi connectivity index (χ3n) is 1.62. The van der Waals surface area contributed by atoms with Gasteiger partial charge < -0.3 is 5.32 Å². The zero-order valence-corrected chi connectivity index (χ0v) is 9.12. The Morgan fingerprint density at radius 2 is 1.83 bits per heavy atom. The summed E-state index contributed by atoms with van der Waals surface area (Å²) in [6, 6.07) is 0. The van der Waals surface area contributed by atoms with E-state index in [2.05, 4.69) is 31.3 Å². The number of hydrogen-bond acceptors (Lipinski definition) is 1. The van der Waals surface area contributed by atoms with E-state index in [1.165, 1.54) is 25.8 Å². The van der Waals surface area contributed by atoms with Gasteiger partial charge in [0.25, 0.3) is 0 Å². The van der Waals surface area contributed by atoms with Crippen LogP contribution in [0.4, 0.5) is 0 Å². The first-order valence-corrected chi connectivity index (χ1v) is 4.77. The summed E-state index contributed by atoms with van der Waals surface area (Å²) in [5.41, 5.74) is 0. The van der Waals surface area contributed by atoms with Crippen LogP contribution in [-0.2, 0) is 0 Å². The van der Waals surface area contributed by atoms with E-state index in [0.29, 0.717) is 0 Å². The molecule has 0 amide bonds. The van der Waals surface area contributed by atoms with E-state index in [0.717, 1.165) is 13.0 Å². The van der Waals surface area contributed by atoms with Crippen LogP contribution in [0.5, 0.6) is 0 Å². The van der Waals surface area contributed by atoms with Crippen LogP contribution < -0.4 is 5.32 Å². The van der Waals surface area contributed by atoms with Crippen molar-refractivity contribution in [1.82, 2.24) is 5.32 Å². The van der Waals surface area contributed by atoms with Gasteiger partial charge in [-0.1, -0.05) is 38.8 Å². The molecule has 0 heterocycles. The summed E-state index contributed by atoms with van der Waals surface area (Å²) >= 11 is 0. The molecule has 0 unspecified atom stereocenters. The molecule has 1 nitrogen and oxygen atoms in total. The number of nitrogens with one attached hydrogen (secondary N) is 1. The van der Waals surface area contributed by atoms with Gasteiger partial charge in [-0.15, -0.1) is 12.4 Å². The van der Waals surface area contributed by atoms with Crippen LogP contribution in [0.2, 0.25) is 0 Å². The molecule has 0 aromatic heterocycles. The minimum atomic E-state index is 0. The molecule has 0 bridgehead atoms. The van der Waals surface area contributed by atoms with Crippen molar-refractivity contribution in [3.05, 3.63) is 12.2 Å². The zero-order valence-electron chi connectivity index (χ0n) is 8.31. The minimum absolute atomic E-state index is 0. The molecule has 2 heteroatoms. The highest BCUT2D eigenvalue weighted by Gasteiger charge is 1.83. The maximum atomic E-state index is 3.37. The molecule has 0 aliphatic carbocycles. The number of halogens is 1. The normalized spacial score (nSPS) is 10.2. The number of allylic oxidation sites excluding steroid dienone is 1. The Balaban J connectivity index is 0. The van der Waals surface area contributed by atoms with E-state index in [4.69, 9.17) is 0 Å². The van der Waals surface area contributed by atoms with E-state index in [1.807, 2.05) is 0 Å². The van der Waals surface area contributed by atoms with Crippen LogP contribution in [0.3, 0.4) is 0 Å². The predicted molar refractivity (Wildman–Crippen MR) is 59.1 cm³/mol. The van der Waals surface area contributed by atoms with Gasteiger partial charge in [0.15, 0.2) is 0 Å². The highest BCUT2D eigenvalue weighted by atomic mass is 35.5. The molecule has 0 saturated heterocycles. The van der Waals surface area contributed by atoms with Crippen molar-refractivity contribution in [3.8, 4) is 0 Å². The van der Waals surface area contributed by atoms with E-state index >= 15 is 0 Å². The lowest BCUT2D eigenvalue weighted by atomic mass is 10.2. The molecule has 0 aromatic carbocycles. The van der Waals surface area contributed by atoms with Gasteiger partial charge in [-0.2, -0.15) is 0 Å². The average molecular weight is 192 g/mol. The fraction of sp³-hybridized carbons (Fsp3) is 0.800. The molecule has 0 rings (SSSR count). The van der Waals surface area contributed by atoms with E-state index in [9.17, 15) is 0 Å². The van der Waals surface area contributed by atoms with Crippen molar-refractivity contribution >= 4 is 12.4 Å². The fourth-order valence-corrected chi connectivity index (χ4v) is 0.935. The molecule has 1 N–H and O–H groups in total. The SMILES string of the molecule is CCC=CCNCCCCC.Cl. The second-order valence-electron chi connectivity index (χ2n) is 2.79. The van der Waals surface area contributed by atoms with Gasteiger partial charge in [-0.25, -0.2) is 0 Å². The van der Waals surface area contributed by atoms with Crippen LogP contribution in [-0.4, -0.2) is 13.1 Å². The zero-order chi connectivity index (χ0) is 8.36. The van der Waals surface area contributed by atoms with Gasteiger partial charge in [-0.3, -0.25) is 0 Å². The van der Waals surface area contributed by atoms with Gasteiger partial charge in [0.05, 0.1) is 0 Å².